The maximum absolute atomic E-state index is 13.0. The molecule has 3 aliphatic rings. The van der Waals surface area contributed by atoms with Crippen molar-refractivity contribution in [2.24, 2.45) is 5.10 Å². The molecule has 0 atom stereocenters. The molecule has 7 heteroatoms. The number of aliphatic carboxylic acids is 1. The highest BCUT2D eigenvalue weighted by Gasteiger charge is 2.36. The van der Waals surface area contributed by atoms with Crippen molar-refractivity contribution >= 4 is 35.0 Å². The van der Waals surface area contributed by atoms with Gasteiger partial charge in [0.05, 0.1) is 11.3 Å². The molecule has 1 amide bonds. The van der Waals surface area contributed by atoms with Crippen molar-refractivity contribution in [1.29, 1.82) is 0 Å². The number of rotatable bonds is 3. The third-order valence-electron chi connectivity index (χ3n) is 5.91. The van der Waals surface area contributed by atoms with Gasteiger partial charge in [-0.1, -0.05) is 18.2 Å². The van der Waals surface area contributed by atoms with Crippen LogP contribution in [0.3, 0.4) is 0 Å². The maximum Gasteiger partial charge on any atom is 0.357 e. The van der Waals surface area contributed by atoms with Gasteiger partial charge >= 0.3 is 5.97 Å². The summed E-state index contributed by atoms with van der Waals surface area (Å²) < 4.78 is 0. The number of carbonyl (C=O) groups is 2. The molecule has 3 aliphatic heterocycles. The van der Waals surface area contributed by atoms with E-state index in [1.54, 1.807) is 24.3 Å². The van der Waals surface area contributed by atoms with E-state index >= 15 is 0 Å². The number of hydrazone groups is 1. The van der Waals surface area contributed by atoms with E-state index in [-0.39, 0.29) is 17.0 Å². The smallest absolute Gasteiger partial charge is 0.357 e. The number of carboxylic acids is 1. The third-order valence-corrected chi connectivity index (χ3v) is 5.91. The van der Waals surface area contributed by atoms with E-state index in [0.717, 1.165) is 60.6 Å². The molecule has 0 unspecified atom stereocenters. The van der Waals surface area contributed by atoms with E-state index < -0.39 is 11.9 Å². The first-order valence-corrected chi connectivity index (χ1v) is 10.1. The predicted molar refractivity (Wildman–Crippen MR) is 114 cm³/mol. The zero-order valence-corrected chi connectivity index (χ0v) is 16.3. The Morgan fingerprint density at radius 3 is 2.57 bits per heavy atom. The van der Waals surface area contributed by atoms with Crippen LogP contribution in [-0.2, 0) is 22.4 Å². The minimum Gasteiger partial charge on any atom is -0.507 e. The van der Waals surface area contributed by atoms with E-state index in [0.29, 0.717) is 11.3 Å². The number of carboxylic acid groups (broad SMARTS) is 1. The fraction of sp³-hybridized carbons (Fsp3) is 0.261. The Labute approximate surface area is 173 Å². The van der Waals surface area contributed by atoms with Crippen molar-refractivity contribution in [3.8, 4) is 5.75 Å². The fourth-order valence-electron chi connectivity index (χ4n) is 4.58. The standard InChI is InChI=1S/C23H21N3O4/c27-21-15(12-14-6-4-10-25-11-5-9-17(21)20(14)25)13-18-19(23(29)30)24-26(22(18)28)16-7-2-1-3-8-16/h1-3,7-8,12-13,27H,4-6,9-11H2,(H,29,30)/b18-13-. The molecular formula is C23H21N3O4. The fourth-order valence-corrected chi connectivity index (χ4v) is 4.58. The molecule has 0 aliphatic carbocycles. The van der Waals surface area contributed by atoms with Crippen molar-refractivity contribution in [3.63, 3.8) is 0 Å². The molecule has 30 heavy (non-hydrogen) atoms. The monoisotopic (exact) mass is 403 g/mol. The summed E-state index contributed by atoms with van der Waals surface area (Å²) in [5.41, 5.74) is 3.76. The number of hydrogen-bond donors (Lipinski definition) is 2. The van der Waals surface area contributed by atoms with Crippen LogP contribution in [0.2, 0.25) is 0 Å². The Bertz CT molecular complexity index is 1120. The average Bonchev–Trinajstić information content (AvgIpc) is 3.09. The minimum absolute atomic E-state index is 0.0303. The lowest BCUT2D eigenvalue weighted by Gasteiger charge is -2.37. The molecule has 152 valence electrons. The van der Waals surface area contributed by atoms with Crippen LogP contribution in [0.15, 0.2) is 47.1 Å². The number of nitrogens with zero attached hydrogens (tertiary/aromatic N) is 3. The first-order valence-electron chi connectivity index (χ1n) is 10.1. The molecule has 0 radical (unpaired) electrons. The molecule has 0 saturated carbocycles. The minimum atomic E-state index is -1.28. The lowest BCUT2D eigenvalue weighted by molar-refractivity contribution is -0.129. The van der Waals surface area contributed by atoms with E-state index in [1.807, 2.05) is 12.1 Å². The number of aromatic hydroxyl groups is 1. The van der Waals surface area contributed by atoms with E-state index in [4.69, 9.17) is 0 Å². The highest BCUT2D eigenvalue weighted by Crippen LogP contribution is 2.42. The summed E-state index contributed by atoms with van der Waals surface area (Å²) in [4.78, 5) is 27.1. The number of anilines is 2. The lowest BCUT2D eigenvalue weighted by atomic mass is 9.88. The number of aryl methyl sites for hydroxylation is 1. The zero-order chi connectivity index (χ0) is 20.8. The second-order valence-electron chi connectivity index (χ2n) is 7.76. The predicted octanol–water partition coefficient (Wildman–Crippen LogP) is 2.96. The number of carbonyl (C=O) groups excluding carboxylic acids is 1. The van der Waals surface area contributed by atoms with Crippen molar-refractivity contribution in [2.45, 2.75) is 25.7 Å². The van der Waals surface area contributed by atoms with E-state index in [9.17, 15) is 19.8 Å². The number of benzene rings is 2. The third kappa shape index (κ3) is 2.85. The van der Waals surface area contributed by atoms with Crippen LogP contribution in [0.4, 0.5) is 11.4 Å². The summed E-state index contributed by atoms with van der Waals surface area (Å²) in [5, 5.41) is 25.7. The molecule has 0 spiro atoms. The van der Waals surface area contributed by atoms with Gasteiger partial charge in [0.1, 0.15) is 5.75 Å². The van der Waals surface area contributed by atoms with Gasteiger partial charge in [0, 0.05) is 29.9 Å². The van der Waals surface area contributed by atoms with Gasteiger partial charge in [-0.25, -0.2) is 4.79 Å². The molecule has 0 saturated heterocycles. The summed E-state index contributed by atoms with van der Waals surface area (Å²) in [5.74, 6) is -1.67. The summed E-state index contributed by atoms with van der Waals surface area (Å²) in [7, 11) is 0. The Morgan fingerprint density at radius 2 is 1.83 bits per heavy atom. The maximum atomic E-state index is 13.0. The van der Waals surface area contributed by atoms with Crippen LogP contribution in [0.1, 0.15) is 29.5 Å². The summed E-state index contributed by atoms with van der Waals surface area (Å²) >= 11 is 0. The number of para-hydroxylation sites is 1. The van der Waals surface area contributed by atoms with Gasteiger partial charge in [0.15, 0.2) is 5.71 Å². The van der Waals surface area contributed by atoms with Crippen molar-refractivity contribution in [1.82, 2.24) is 0 Å². The Balaban J connectivity index is 1.62. The van der Waals surface area contributed by atoms with Crippen molar-refractivity contribution in [2.75, 3.05) is 23.0 Å². The molecular weight excluding hydrogens is 382 g/mol. The average molecular weight is 403 g/mol. The van der Waals surface area contributed by atoms with Gasteiger partial charge in [-0.15, -0.1) is 0 Å². The van der Waals surface area contributed by atoms with Gasteiger partial charge in [-0.05, 0) is 55.5 Å². The number of phenols is 1. The largest absolute Gasteiger partial charge is 0.507 e. The molecule has 0 fully saturated rings. The second-order valence-corrected chi connectivity index (χ2v) is 7.76. The van der Waals surface area contributed by atoms with Gasteiger partial charge in [0.25, 0.3) is 5.91 Å². The number of amides is 1. The highest BCUT2D eigenvalue weighted by atomic mass is 16.4. The zero-order valence-electron chi connectivity index (χ0n) is 16.3. The molecule has 2 aromatic rings. The Kier molecular flexibility index (Phi) is 4.31. The van der Waals surface area contributed by atoms with Crippen molar-refractivity contribution < 1.29 is 19.8 Å². The van der Waals surface area contributed by atoms with Gasteiger partial charge in [-0.2, -0.15) is 10.1 Å². The van der Waals surface area contributed by atoms with Crippen LogP contribution in [0.25, 0.3) is 6.08 Å². The van der Waals surface area contributed by atoms with Gasteiger partial charge < -0.3 is 15.1 Å². The summed E-state index contributed by atoms with van der Waals surface area (Å²) in [6.07, 6.45) is 5.14. The SMILES string of the molecule is O=C(O)C1=NN(c2ccccc2)C(=O)/C1=C\c1cc2c3c(c1O)CCCN3CCC2. The summed E-state index contributed by atoms with van der Waals surface area (Å²) in [6.45, 7) is 1.97. The Morgan fingerprint density at radius 1 is 1.10 bits per heavy atom. The topological polar surface area (TPSA) is 93.4 Å². The van der Waals surface area contributed by atoms with Gasteiger partial charge in [-0.3, -0.25) is 4.79 Å². The van der Waals surface area contributed by atoms with Crippen LogP contribution in [0.5, 0.6) is 5.75 Å². The number of hydrogen-bond acceptors (Lipinski definition) is 5. The highest BCUT2D eigenvalue weighted by molar-refractivity contribution is 6.53. The first-order chi connectivity index (χ1) is 14.5. The van der Waals surface area contributed by atoms with Crippen LogP contribution >= 0.6 is 0 Å². The van der Waals surface area contributed by atoms with Gasteiger partial charge in [0.2, 0.25) is 0 Å². The normalized spacial score (nSPS) is 19.1. The molecule has 2 aromatic carbocycles. The van der Waals surface area contributed by atoms with E-state index in [1.165, 1.54) is 6.08 Å². The van der Waals surface area contributed by atoms with E-state index in [2.05, 4.69) is 10.0 Å². The van der Waals surface area contributed by atoms with Crippen molar-refractivity contribution in [3.05, 3.63) is 58.7 Å². The molecule has 2 N–H and O–H groups in total. The molecule has 0 bridgehead atoms. The van der Waals surface area contributed by atoms with Crippen LogP contribution < -0.4 is 9.91 Å². The molecule has 3 heterocycles. The number of phenolic OH excluding ortho intramolecular Hbond substituents is 1. The summed E-state index contributed by atoms with van der Waals surface area (Å²) in [6, 6.07) is 10.6. The quantitative estimate of drug-likeness (QED) is 0.769. The molecule has 5 rings (SSSR count). The van der Waals surface area contributed by atoms with Crippen LogP contribution in [-0.4, -0.2) is 40.9 Å². The molecule has 7 nitrogen and oxygen atoms in total. The van der Waals surface area contributed by atoms with Crippen LogP contribution in [0, 0.1) is 0 Å². The Hall–Kier alpha value is -3.61. The second kappa shape index (κ2) is 7.02. The lowest BCUT2D eigenvalue weighted by Crippen LogP contribution is -2.34. The first kappa shape index (κ1) is 18.4. The molecule has 0 aromatic heterocycles.